The van der Waals surface area contributed by atoms with Crippen LogP contribution in [0.25, 0.3) is 11.1 Å². The fourth-order valence-electron chi connectivity index (χ4n) is 1.85. The highest BCUT2D eigenvalue weighted by Gasteiger charge is 2.07. The zero-order valence-corrected chi connectivity index (χ0v) is 12.6. The molecule has 4 nitrogen and oxygen atoms in total. The molecule has 0 saturated heterocycles. The summed E-state index contributed by atoms with van der Waals surface area (Å²) in [5, 5.41) is 0. The first-order valence-corrected chi connectivity index (χ1v) is 6.90. The number of halogens is 1. The molecule has 1 heterocycles. The summed E-state index contributed by atoms with van der Waals surface area (Å²) in [6.07, 6.45) is 3.67. The fourth-order valence-corrected chi connectivity index (χ4v) is 2.25. The first-order chi connectivity index (χ1) is 9.06. The Morgan fingerprint density at radius 1 is 1.26 bits per heavy atom. The summed E-state index contributed by atoms with van der Waals surface area (Å²) in [5.74, 6) is 0.691. The molecule has 0 amide bonds. The van der Waals surface area contributed by atoms with E-state index in [4.69, 9.17) is 5.73 Å². The maximum atomic E-state index is 5.77. The van der Waals surface area contributed by atoms with Crippen molar-refractivity contribution in [3.05, 3.63) is 41.1 Å². The largest absolute Gasteiger partial charge is 0.342 e. The summed E-state index contributed by atoms with van der Waals surface area (Å²) in [5.41, 5.74) is 7.86. The number of nitrogens with zero attached hydrogens (tertiary/aromatic N) is 3. The summed E-state index contributed by atoms with van der Waals surface area (Å²) in [6, 6.07) is 8.17. The van der Waals surface area contributed by atoms with E-state index in [1.807, 2.05) is 55.5 Å². The third-order valence-electron chi connectivity index (χ3n) is 2.70. The molecule has 0 bridgehead atoms. The molecule has 0 fully saturated rings. The van der Waals surface area contributed by atoms with E-state index in [1.54, 1.807) is 0 Å². The van der Waals surface area contributed by atoms with E-state index in [0.29, 0.717) is 5.95 Å². The molecule has 1 unspecified atom stereocenters. The van der Waals surface area contributed by atoms with Crippen molar-refractivity contribution in [2.45, 2.75) is 13.0 Å². The van der Waals surface area contributed by atoms with Crippen LogP contribution in [-0.4, -0.2) is 29.6 Å². The Morgan fingerprint density at radius 2 is 1.95 bits per heavy atom. The molecule has 1 atom stereocenters. The standard InChI is InChI=1S/C14H17BrN4/c1-10(16)9-19(2)14-17-7-12(8-18-14)11-4-3-5-13(15)6-11/h3-8,10H,9,16H2,1-2H3. The molecule has 19 heavy (non-hydrogen) atoms. The van der Waals surface area contributed by atoms with Gasteiger partial charge in [-0.2, -0.15) is 0 Å². The monoisotopic (exact) mass is 320 g/mol. The van der Waals surface area contributed by atoms with Crippen LogP contribution in [0, 0.1) is 0 Å². The third kappa shape index (κ3) is 3.75. The summed E-state index contributed by atoms with van der Waals surface area (Å²) in [4.78, 5) is 10.7. The molecule has 2 N–H and O–H groups in total. The van der Waals surface area contributed by atoms with E-state index in [0.717, 1.165) is 22.1 Å². The third-order valence-corrected chi connectivity index (χ3v) is 3.19. The van der Waals surface area contributed by atoms with E-state index >= 15 is 0 Å². The average Bonchev–Trinajstić information content (AvgIpc) is 2.38. The van der Waals surface area contributed by atoms with Crippen LogP contribution < -0.4 is 10.6 Å². The average molecular weight is 321 g/mol. The Morgan fingerprint density at radius 3 is 2.53 bits per heavy atom. The quantitative estimate of drug-likeness (QED) is 0.941. The molecule has 100 valence electrons. The number of benzene rings is 1. The number of aromatic nitrogens is 2. The number of likely N-dealkylation sites (N-methyl/N-ethyl adjacent to an activating group) is 1. The molecule has 2 rings (SSSR count). The van der Waals surface area contributed by atoms with Crippen LogP contribution in [-0.2, 0) is 0 Å². The SMILES string of the molecule is CC(N)CN(C)c1ncc(-c2cccc(Br)c2)cn1. The molecular formula is C14H17BrN4. The van der Waals surface area contributed by atoms with Gasteiger partial charge in [-0.15, -0.1) is 0 Å². The van der Waals surface area contributed by atoms with Gasteiger partial charge in [0.05, 0.1) is 0 Å². The van der Waals surface area contributed by atoms with Crippen LogP contribution in [0.2, 0.25) is 0 Å². The molecular weight excluding hydrogens is 304 g/mol. The van der Waals surface area contributed by atoms with E-state index in [2.05, 4.69) is 25.9 Å². The second-order valence-corrected chi connectivity index (χ2v) is 5.56. The number of anilines is 1. The summed E-state index contributed by atoms with van der Waals surface area (Å²) in [7, 11) is 1.94. The van der Waals surface area contributed by atoms with Crippen LogP contribution in [0.5, 0.6) is 0 Å². The van der Waals surface area contributed by atoms with Crippen LogP contribution in [0.3, 0.4) is 0 Å². The minimum atomic E-state index is 0.0957. The topological polar surface area (TPSA) is 55.0 Å². The van der Waals surface area contributed by atoms with Crippen molar-refractivity contribution in [2.24, 2.45) is 5.73 Å². The zero-order valence-electron chi connectivity index (χ0n) is 11.0. The minimum Gasteiger partial charge on any atom is -0.342 e. The molecule has 0 aliphatic carbocycles. The Kier molecular flexibility index (Phi) is 4.50. The van der Waals surface area contributed by atoms with Gasteiger partial charge >= 0.3 is 0 Å². The predicted molar refractivity (Wildman–Crippen MR) is 82.1 cm³/mol. The highest BCUT2D eigenvalue weighted by atomic mass is 79.9. The predicted octanol–water partition coefficient (Wildman–Crippen LogP) is 2.69. The van der Waals surface area contributed by atoms with E-state index in [1.165, 1.54) is 0 Å². The van der Waals surface area contributed by atoms with Gasteiger partial charge in [-0.1, -0.05) is 28.1 Å². The van der Waals surface area contributed by atoms with Gasteiger partial charge in [0.1, 0.15) is 0 Å². The second kappa shape index (κ2) is 6.12. The van der Waals surface area contributed by atoms with Crippen molar-refractivity contribution in [1.82, 2.24) is 9.97 Å². The second-order valence-electron chi connectivity index (χ2n) is 4.64. The molecule has 2 aromatic rings. The Labute approximate surface area is 121 Å². The van der Waals surface area contributed by atoms with Crippen molar-refractivity contribution in [3.8, 4) is 11.1 Å². The first kappa shape index (κ1) is 14.0. The van der Waals surface area contributed by atoms with Gasteiger partial charge in [0.25, 0.3) is 0 Å². The molecule has 1 aromatic heterocycles. The van der Waals surface area contributed by atoms with Gasteiger partial charge < -0.3 is 10.6 Å². The Hall–Kier alpha value is -1.46. The maximum Gasteiger partial charge on any atom is 0.225 e. The smallest absolute Gasteiger partial charge is 0.225 e. The van der Waals surface area contributed by atoms with E-state index in [9.17, 15) is 0 Å². The van der Waals surface area contributed by atoms with E-state index < -0.39 is 0 Å². The van der Waals surface area contributed by atoms with Crippen molar-refractivity contribution in [3.63, 3.8) is 0 Å². The van der Waals surface area contributed by atoms with Crippen molar-refractivity contribution in [2.75, 3.05) is 18.5 Å². The van der Waals surface area contributed by atoms with Gasteiger partial charge in [0.15, 0.2) is 0 Å². The highest BCUT2D eigenvalue weighted by molar-refractivity contribution is 9.10. The Balaban J connectivity index is 2.19. The summed E-state index contributed by atoms with van der Waals surface area (Å²) in [6.45, 7) is 2.70. The van der Waals surface area contributed by atoms with Gasteiger partial charge in [-0.3, -0.25) is 0 Å². The lowest BCUT2D eigenvalue weighted by Crippen LogP contribution is -2.33. The zero-order chi connectivity index (χ0) is 13.8. The fraction of sp³-hybridized carbons (Fsp3) is 0.286. The lowest BCUT2D eigenvalue weighted by molar-refractivity contribution is 0.704. The molecule has 0 aliphatic rings. The number of rotatable bonds is 4. The highest BCUT2D eigenvalue weighted by Crippen LogP contribution is 2.22. The first-order valence-electron chi connectivity index (χ1n) is 6.11. The van der Waals surface area contributed by atoms with Crippen molar-refractivity contribution >= 4 is 21.9 Å². The number of nitrogens with two attached hydrogens (primary N) is 1. The lowest BCUT2D eigenvalue weighted by atomic mass is 10.1. The van der Waals surface area contributed by atoms with Crippen LogP contribution in [0.15, 0.2) is 41.1 Å². The molecule has 0 aliphatic heterocycles. The van der Waals surface area contributed by atoms with Crippen molar-refractivity contribution in [1.29, 1.82) is 0 Å². The van der Waals surface area contributed by atoms with Crippen LogP contribution in [0.4, 0.5) is 5.95 Å². The van der Waals surface area contributed by atoms with Crippen LogP contribution in [0.1, 0.15) is 6.92 Å². The number of hydrogen-bond donors (Lipinski definition) is 1. The summed E-state index contributed by atoms with van der Waals surface area (Å²) >= 11 is 3.46. The maximum absolute atomic E-state index is 5.77. The molecule has 0 spiro atoms. The van der Waals surface area contributed by atoms with E-state index in [-0.39, 0.29) is 6.04 Å². The lowest BCUT2D eigenvalue weighted by Gasteiger charge is -2.19. The normalized spacial score (nSPS) is 12.2. The number of hydrogen-bond acceptors (Lipinski definition) is 4. The minimum absolute atomic E-state index is 0.0957. The van der Waals surface area contributed by atoms with Gasteiger partial charge in [-0.25, -0.2) is 9.97 Å². The Bertz CT molecular complexity index is 539. The van der Waals surface area contributed by atoms with Gasteiger partial charge in [-0.05, 0) is 24.6 Å². The molecule has 0 radical (unpaired) electrons. The van der Waals surface area contributed by atoms with Crippen molar-refractivity contribution < 1.29 is 0 Å². The molecule has 5 heteroatoms. The van der Waals surface area contributed by atoms with Gasteiger partial charge in [0.2, 0.25) is 5.95 Å². The molecule has 0 saturated carbocycles. The van der Waals surface area contributed by atoms with Crippen LogP contribution >= 0.6 is 15.9 Å². The molecule has 1 aromatic carbocycles. The summed E-state index contributed by atoms with van der Waals surface area (Å²) < 4.78 is 1.04. The van der Waals surface area contributed by atoms with Gasteiger partial charge in [0, 0.05) is 42.1 Å².